The van der Waals surface area contributed by atoms with Crippen LogP contribution in [0.25, 0.3) is 6.08 Å². The molecule has 0 atom stereocenters. The van der Waals surface area contributed by atoms with Gasteiger partial charge in [-0.3, -0.25) is 0 Å². The predicted molar refractivity (Wildman–Crippen MR) is 66.0 cm³/mol. The van der Waals surface area contributed by atoms with Crippen LogP contribution in [0.1, 0.15) is 36.8 Å². The number of hydrogen-bond donors (Lipinski definition) is 1. The number of benzene rings is 1. The molecule has 0 saturated carbocycles. The van der Waals surface area contributed by atoms with E-state index >= 15 is 0 Å². The van der Waals surface area contributed by atoms with Gasteiger partial charge in [0.2, 0.25) is 0 Å². The minimum absolute atomic E-state index is 0.211. The van der Waals surface area contributed by atoms with Crippen molar-refractivity contribution >= 4 is 6.08 Å². The van der Waals surface area contributed by atoms with Crippen LogP contribution in [0.15, 0.2) is 30.3 Å². The molecule has 0 aliphatic heterocycles. The average molecular weight is 258 g/mol. The third-order valence-corrected chi connectivity index (χ3v) is 2.58. The molecule has 0 saturated heterocycles. The zero-order chi connectivity index (χ0) is 13.4. The van der Waals surface area contributed by atoms with Gasteiger partial charge in [0.05, 0.1) is 5.56 Å². The third-order valence-electron chi connectivity index (χ3n) is 2.58. The van der Waals surface area contributed by atoms with E-state index in [9.17, 15) is 13.2 Å². The second kappa shape index (κ2) is 7.21. The van der Waals surface area contributed by atoms with Gasteiger partial charge in [0.15, 0.2) is 0 Å². The topological polar surface area (TPSA) is 20.2 Å². The van der Waals surface area contributed by atoms with Gasteiger partial charge in [-0.1, -0.05) is 30.7 Å². The molecule has 0 bridgehead atoms. The average Bonchev–Trinajstić information content (AvgIpc) is 2.33. The fraction of sp³-hybridized carbons (Fsp3) is 0.429. The van der Waals surface area contributed by atoms with Crippen molar-refractivity contribution in [3.63, 3.8) is 0 Å². The monoisotopic (exact) mass is 258 g/mol. The number of allylic oxidation sites excluding steroid dienone is 1. The van der Waals surface area contributed by atoms with E-state index in [1.165, 1.54) is 12.1 Å². The standard InChI is InChI=1S/C14H17F3O/c15-14(16,17)13-9-7-12(8-10-13)6-4-2-1-3-5-11-18/h4,6-10,18H,1-3,5,11H2. The fourth-order valence-electron chi connectivity index (χ4n) is 1.55. The predicted octanol–water partition coefficient (Wildman–Crippen LogP) is 4.27. The van der Waals surface area contributed by atoms with E-state index in [1.54, 1.807) is 0 Å². The number of aliphatic hydroxyl groups excluding tert-OH is 1. The molecule has 0 radical (unpaired) electrons. The van der Waals surface area contributed by atoms with Crippen LogP contribution in [-0.2, 0) is 6.18 Å². The quantitative estimate of drug-likeness (QED) is 0.755. The number of unbranched alkanes of at least 4 members (excludes halogenated alkanes) is 3. The minimum Gasteiger partial charge on any atom is -0.396 e. The summed E-state index contributed by atoms with van der Waals surface area (Å²) >= 11 is 0. The first-order chi connectivity index (χ1) is 8.54. The molecule has 1 rings (SSSR count). The molecular formula is C14H17F3O. The van der Waals surface area contributed by atoms with Gasteiger partial charge in [-0.15, -0.1) is 0 Å². The van der Waals surface area contributed by atoms with Gasteiger partial charge >= 0.3 is 6.18 Å². The van der Waals surface area contributed by atoms with Crippen molar-refractivity contribution in [2.75, 3.05) is 6.61 Å². The molecule has 0 heterocycles. The van der Waals surface area contributed by atoms with Crippen molar-refractivity contribution in [3.8, 4) is 0 Å². The van der Waals surface area contributed by atoms with E-state index in [-0.39, 0.29) is 6.61 Å². The summed E-state index contributed by atoms with van der Waals surface area (Å²) in [5, 5.41) is 8.58. The lowest BCUT2D eigenvalue weighted by molar-refractivity contribution is -0.137. The Hall–Kier alpha value is -1.29. The van der Waals surface area contributed by atoms with Crippen LogP contribution in [0.2, 0.25) is 0 Å². The van der Waals surface area contributed by atoms with Gasteiger partial charge < -0.3 is 5.11 Å². The van der Waals surface area contributed by atoms with Crippen LogP contribution < -0.4 is 0 Å². The van der Waals surface area contributed by atoms with E-state index in [0.29, 0.717) is 0 Å². The zero-order valence-electron chi connectivity index (χ0n) is 10.1. The highest BCUT2D eigenvalue weighted by atomic mass is 19.4. The highest BCUT2D eigenvalue weighted by Gasteiger charge is 2.29. The van der Waals surface area contributed by atoms with Gasteiger partial charge in [0, 0.05) is 6.61 Å². The van der Waals surface area contributed by atoms with Gasteiger partial charge in [-0.05, 0) is 37.0 Å². The molecule has 0 aromatic heterocycles. The van der Waals surface area contributed by atoms with Crippen LogP contribution in [0.5, 0.6) is 0 Å². The highest BCUT2D eigenvalue weighted by molar-refractivity contribution is 5.49. The van der Waals surface area contributed by atoms with Crippen LogP contribution in [-0.4, -0.2) is 11.7 Å². The van der Waals surface area contributed by atoms with Crippen molar-refractivity contribution in [2.45, 2.75) is 31.9 Å². The molecule has 18 heavy (non-hydrogen) atoms. The Labute approximate surface area is 105 Å². The van der Waals surface area contributed by atoms with Gasteiger partial charge in [-0.2, -0.15) is 13.2 Å². The van der Waals surface area contributed by atoms with E-state index in [0.717, 1.165) is 43.4 Å². The van der Waals surface area contributed by atoms with Gasteiger partial charge in [-0.25, -0.2) is 0 Å². The van der Waals surface area contributed by atoms with Crippen LogP contribution in [0.3, 0.4) is 0 Å². The Morgan fingerprint density at radius 2 is 1.67 bits per heavy atom. The van der Waals surface area contributed by atoms with Gasteiger partial charge in [0.25, 0.3) is 0 Å². The molecule has 0 fully saturated rings. The summed E-state index contributed by atoms with van der Waals surface area (Å²) in [5.74, 6) is 0. The third kappa shape index (κ3) is 5.36. The van der Waals surface area contributed by atoms with Crippen molar-refractivity contribution < 1.29 is 18.3 Å². The SMILES string of the molecule is OCCCCCC=Cc1ccc(C(F)(F)F)cc1. The summed E-state index contributed by atoms with van der Waals surface area (Å²) in [5.41, 5.74) is 0.146. The number of halogens is 3. The summed E-state index contributed by atoms with van der Waals surface area (Å²) in [6.07, 6.45) is 3.12. The molecule has 1 aromatic rings. The lowest BCUT2D eigenvalue weighted by atomic mass is 10.1. The number of hydrogen-bond acceptors (Lipinski definition) is 1. The fourth-order valence-corrected chi connectivity index (χ4v) is 1.55. The van der Waals surface area contributed by atoms with E-state index < -0.39 is 11.7 Å². The molecule has 0 aliphatic rings. The maximum atomic E-state index is 12.3. The van der Waals surface area contributed by atoms with Crippen LogP contribution in [0, 0.1) is 0 Å². The van der Waals surface area contributed by atoms with Crippen molar-refractivity contribution in [3.05, 3.63) is 41.5 Å². The Kier molecular flexibility index (Phi) is 5.92. The Balaban J connectivity index is 2.41. The maximum Gasteiger partial charge on any atom is 0.416 e. The summed E-state index contributed by atoms with van der Waals surface area (Å²) in [6, 6.07) is 5.11. The summed E-state index contributed by atoms with van der Waals surface area (Å²) < 4.78 is 36.9. The van der Waals surface area contributed by atoms with E-state index in [4.69, 9.17) is 5.11 Å². The number of aliphatic hydroxyl groups is 1. The molecular weight excluding hydrogens is 241 g/mol. The molecule has 0 unspecified atom stereocenters. The first-order valence-corrected chi connectivity index (χ1v) is 5.98. The molecule has 100 valence electrons. The summed E-state index contributed by atoms with van der Waals surface area (Å²) in [6.45, 7) is 0.211. The van der Waals surface area contributed by atoms with E-state index in [2.05, 4.69) is 0 Å². The maximum absolute atomic E-state index is 12.3. The van der Waals surface area contributed by atoms with Gasteiger partial charge in [0.1, 0.15) is 0 Å². The number of rotatable bonds is 6. The molecule has 1 nitrogen and oxygen atoms in total. The van der Waals surface area contributed by atoms with E-state index in [1.807, 2.05) is 12.2 Å². The van der Waals surface area contributed by atoms with Crippen molar-refractivity contribution in [2.24, 2.45) is 0 Å². The summed E-state index contributed by atoms with van der Waals surface area (Å²) in [7, 11) is 0. The first-order valence-electron chi connectivity index (χ1n) is 5.98. The molecule has 1 aromatic carbocycles. The summed E-state index contributed by atoms with van der Waals surface area (Å²) in [4.78, 5) is 0. The molecule has 0 amide bonds. The first kappa shape index (κ1) is 14.8. The van der Waals surface area contributed by atoms with Crippen molar-refractivity contribution in [1.82, 2.24) is 0 Å². The molecule has 1 N–H and O–H groups in total. The minimum atomic E-state index is -4.27. The smallest absolute Gasteiger partial charge is 0.396 e. The Morgan fingerprint density at radius 1 is 1.00 bits per heavy atom. The second-order valence-electron chi connectivity index (χ2n) is 4.10. The lowest BCUT2D eigenvalue weighted by Crippen LogP contribution is -2.03. The Morgan fingerprint density at radius 3 is 2.22 bits per heavy atom. The molecule has 0 aliphatic carbocycles. The van der Waals surface area contributed by atoms with Crippen molar-refractivity contribution in [1.29, 1.82) is 0 Å². The molecule has 4 heteroatoms. The lowest BCUT2D eigenvalue weighted by Gasteiger charge is -2.05. The normalized spacial score (nSPS) is 12.2. The molecule has 0 spiro atoms. The van der Waals surface area contributed by atoms with Crippen LogP contribution >= 0.6 is 0 Å². The largest absolute Gasteiger partial charge is 0.416 e. The van der Waals surface area contributed by atoms with Crippen LogP contribution in [0.4, 0.5) is 13.2 Å². The second-order valence-corrected chi connectivity index (χ2v) is 4.10. The number of alkyl halides is 3. The zero-order valence-corrected chi connectivity index (χ0v) is 10.1. The highest BCUT2D eigenvalue weighted by Crippen LogP contribution is 2.29. The Bertz CT molecular complexity index is 366.